The molecule has 0 heterocycles. The molecule has 0 bridgehead atoms. The van der Waals surface area contributed by atoms with E-state index in [9.17, 15) is 4.79 Å². The number of carbonyl (C=O) groups excluding carboxylic acids is 1. The summed E-state index contributed by atoms with van der Waals surface area (Å²) in [5.41, 5.74) is 2.76. The summed E-state index contributed by atoms with van der Waals surface area (Å²) in [5.74, 6) is 1.20. The molecule has 0 aliphatic heterocycles. The highest BCUT2D eigenvalue weighted by atomic mass is 16.5. The van der Waals surface area contributed by atoms with Crippen molar-refractivity contribution in [2.45, 2.75) is 52.4 Å². The van der Waals surface area contributed by atoms with Gasteiger partial charge in [-0.3, -0.25) is 4.79 Å². The minimum Gasteiger partial charge on any atom is -0.490 e. The van der Waals surface area contributed by atoms with E-state index in [0.717, 1.165) is 25.0 Å². The lowest BCUT2D eigenvalue weighted by Gasteiger charge is -2.31. The molecule has 2 heteroatoms. The Morgan fingerprint density at radius 2 is 1.87 bits per heavy atom. The average Bonchev–Trinajstić information content (AvgIpc) is 2.60. The van der Waals surface area contributed by atoms with Crippen molar-refractivity contribution in [3.63, 3.8) is 0 Å². The van der Waals surface area contributed by atoms with Gasteiger partial charge in [0, 0.05) is 17.8 Å². The predicted molar refractivity (Wildman–Crippen MR) is 95.3 cm³/mol. The third kappa shape index (κ3) is 4.34. The summed E-state index contributed by atoms with van der Waals surface area (Å²) in [6.07, 6.45) is 6.92. The average molecular weight is 312 g/mol. The molecule has 2 rings (SSSR count). The molecule has 0 saturated heterocycles. The molecule has 1 aliphatic rings. The number of carbonyl (C=O) groups is 1. The first-order chi connectivity index (χ1) is 10.9. The van der Waals surface area contributed by atoms with Gasteiger partial charge in [-0.25, -0.2) is 0 Å². The molecular weight excluding hydrogens is 284 g/mol. The van der Waals surface area contributed by atoms with E-state index in [1.165, 1.54) is 11.1 Å². The van der Waals surface area contributed by atoms with Crippen LogP contribution >= 0.6 is 0 Å². The number of hydrogen-bond donors (Lipinski definition) is 0. The largest absolute Gasteiger partial charge is 0.490 e. The van der Waals surface area contributed by atoms with Crippen molar-refractivity contribution < 1.29 is 9.53 Å². The highest BCUT2D eigenvalue weighted by Crippen LogP contribution is 2.36. The van der Waals surface area contributed by atoms with Crippen molar-refractivity contribution in [1.29, 1.82) is 0 Å². The molecule has 1 aliphatic carbocycles. The van der Waals surface area contributed by atoms with Crippen LogP contribution in [0.5, 0.6) is 0 Å². The number of benzene rings is 1. The Kier molecular flexibility index (Phi) is 5.81. The summed E-state index contributed by atoms with van der Waals surface area (Å²) in [6, 6.07) is 10.6. The van der Waals surface area contributed by atoms with E-state index >= 15 is 0 Å². The van der Waals surface area contributed by atoms with Crippen molar-refractivity contribution in [3.05, 3.63) is 59.4 Å². The van der Waals surface area contributed by atoms with Gasteiger partial charge in [0.15, 0.2) is 5.78 Å². The van der Waals surface area contributed by atoms with Crippen LogP contribution in [0.25, 0.3) is 0 Å². The molecule has 0 aromatic heterocycles. The van der Waals surface area contributed by atoms with Crippen molar-refractivity contribution in [3.8, 4) is 0 Å². The number of rotatable bonds is 7. The van der Waals surface area contributed by atoms with Gasteiger partial charge in [0.1, 0.15) is 6.61 Å². The highest BCUT2D eigenvalue weighted by molar-refractivity contribution is 5.81. The van der Waals surface area contributed by atoms with Gasteiger partial charge in [-0.15, -0.1) is 0 Å². The second-order valence-electron chi connectivity index (χ2n) is 6.88. The number of ketones is 1. The summed E-state index contributed by atoms with van der Waals surface area (Å²) >= 11 is 0. The maximum atomic E-state index is 11.9. The number of ether oxygens (including phenoxy) is 1. The lowest BCUT2D eigenvalue weighted by atomic mass is 9.74. The van der Waals surface area contributed by atoms with Crippen LogP contribution in [-0.2, 0) is 14.9 Å². The molecule has 0 radical (unpaired) electrons. The van der Waals surface area contributed by atoms with Gasteiger partial charge >= 0.3 is 0 Å². The maximum Gasteiger partial charge on any atom is 0.172 e. The van der Waals surface area contributed by atoms with Crippen LogP contribution in [0.1, 0.15) is 52.5 Å². The third-order valence-electron chi connectivity index (χ3n) is 4.97. The first-order valence-corrected chi connectivity index (χ1v) is 8.56. The van der Waals surface area contributed by atoms with E-state index < -0.39 is 0 Å². The summed E-state index contributed by atoms with van der Waals surface area (Å²) in [4.78, 5) is 11.9. The van der Waals surface area contributed by atoms with E-state index in [1.54, 1.807) is 0 Å². The maximum absolute atomic E-state index is 11.9. The van der Waals surface area contributed by atoms with Crippen LogP contribution in [0.15, 0.2) is 53.8 Å². The fourth-order valence-electron chi connectivity index (χ4n) is 2.83. The van der Waals surface area contributed by atoms with E-state index in [2.05, 4.69) is 50.3 Å². The van der Waals surface area contributed by atoms with Crippen LogP contribution in [0, 0.1) is 5.92 Å². The summed E-state index contributed by atoms with van der Waals surface area (Å²) in [7, 11) is 0. The van der Waals surface area contributed by atoms with E-state index in [4.69, 9.17) is 4.74 Å². The molecule has 0 saturated carbocycles. The van der Waals surface area contributed by atoms with E-state index in [-0.39, 0.29) is 23.7 Å². The summed E-state index contributed by atoms with van der Waals surface area (Å²) in [6.45, 7) is 8.72. The minimum atomic E-state index is 0.0236. The first kappa shape index (κ1) is 17.5. The smallest absolute Gasteiger partial charge is 0.172 e. The van der Waals surface area contributed by atoms with E-state index in [0.29, 0.717) is 0 Å². The Hall–Kier alpha value is -1.83. The molecule has 1 atom stereocenters. The zero-order valence-corrected chi connectivity index (χ0v) is 14.8. The number of hydrogen-bond acceptors (Lipinski definition) is 2. The van der Waals surface area contributed by atoms with Gasteiger partial charge in [0.05, 0.1) is 5.76 Å². The molecule has 124 valence electrons. The van der Waals surface area contributed by atoms with Crippen molar-refractivity contribution in [2.75, 3.05) is 6.61 Å². The van der Waals surface area contributed by atoms with Gasteiger partial charge in [-0.2, -0.15) is 0 Å². The third-order valence-corrected chi connectivity index (χ3v) is 4.97. The predicted octanol–water partition coefficient (Wildman–Crippen LogP) is 5.20. The lowest BCUT2D eigenvalue weighted by Crippen LogP contribution is -2.22. The fourth-order valence-corrected chi connectivity index (χ4v) is 2.83. The summed E-state index contributed by atoms with van der Waals surface area (Å²) in [5, 5.41) is 0. The van der Waals surface area contributed by atoms with Crippen LogP contribution in [0.3, 0.4) is 0 Å². The highest BCUT2D eigenvalue weighted by Gasteiger charge is 2.26. The molecule has 0 N–H and O–H groups in total. The van der Waals surface area contributed by atoms with Gasteiger partial charge in [0.25, 0.3) is 0 Å². The van der Waals surface area contributed by atoms with Crippen LogP contribution < -0.4 is 0 Å². The topological polar surface area (TPSA) is 26.3 Å². The molecule has 1 aromatic rings. The molecule has 0 spiro atoms. The molecule has 23 heavy (non-hydrogen) atoms. The van der Waals surface area contributed by atoms with Gasteiger partial charge < -0.3 is 4.74 Å². The SMILES string of the molecule is CCC(C)C(=O)COC1=CC=C(C(C)(C)c2ccccc2)CC1. The normalized spacial score (nSPS) is 16.3. The zero-order valence-electron chi connectivity index (χ0n) is 14.8. The Balaban J connectivity index is 2.02. The van der Waals surface area contributed by atoms with Crippen molar-refractivity contribution >= 4 is 5.78 Å². The van der Waals surface area contributed by atoms with E-state index in [1.807, 2.05) is 19.9 Å². The molecular formula is C21H28O2. The molecule has 0 fully saturated rings. The Bertz CT molecular complexity index is 594. The van der Waals surface area contributed by atoms with Crippen LogP contribution in [0.2, 0.25) is 0 Å². The second kappa shape index (κ2) is 7.63. The Labute approximate surface area is 140 Å². The lowest BCUT2D eigenvalue weighted by molar-refractivity contribution is -0.125. The van der Waals surface area contributed by atoms with Crippen molar-refractivity contribution in [2.24, 2.45) is 5.92 Å². The quantitative estimate of drug-likeness (QED) is 0.691. The standard InChI is InChI=1S/C21H28O2/c1-5-16(2)20(22)15-23-19-13-11-18(12-14-19)21(3,4)17-9-7-6-8-10-17/h6-11,13,16H,5,12,14-15H2,1-4H3. The van der Waals surface area contributed by atoms with Gasteiger partial charge in [0.2, 0.25) is 0 Å². The minimum absolute atomic E-state index is 0.0236. The van der Waals surface area contributed by atoms with Crippen molar-refractivity contribution in [1.82, 2.24) is 0 Å². The molecule has 1 aromatic carbocycles. The van der Waals surface area contributed by atoms with Gasteiger partial charge in [-0.05, 0) is 24.5 Å². The molecule has 1 unspecified atom stereocenters. The fraction of sp³-hybridized carbons (Fsp3) is 0.476. The van der Waals surface area contributed by atoms with Crippen LogP contribution in [-0.4, -0.2) is 12.4 Å². The Morgan fingerprint density at radius 3 is 2.43 bits per heavy atom. The van der Waals surface area contributed by atoms with Gasteiger partial charge in [-0.1, -0.05) is 69.7 Å². The van der Waals surface area contributed by atoms with Crippen LogP contribution in [0.4, 0.5) is 0 Å². The summed E-state index contributed by atoms with van der Waals surface area (Å²) < 4.78 is 5.70. The monoisotopic (exact) mass is 312 g/mol. The molecule has 2 nitrogen and oxygen atoms in total. The number of allylic oxidation sites excluding steroid dienone is 4. The second-order valence-corrected chi connectivity index (χ2v) is 6.88. The number of Topliss-reactive ketones (excluding diaryl/α,β-unsaturated/α-hetero) is 1. The zero-order chi connectivity index (χ0) is 16.9. The molecule has 0 amide bonds. The Morgan fingerprint density at radius 1 is 1.17 bits per heavy atom. The first-order valence-electron chi connectivity index (χ1n) is 8.56.